The molecule has 8 heteroatoms. The molecule has 166 valence electrons. The molecule has 1 aliphatic heterocycles. The summed E-state index contributed by atoms with van der Waals surface area (Å²) in [5, 5.41) is 3.46. The fourth-order valence-electron chi connectivity index (χ4n) is 3.54. The van der Waals surface area contributed by atoms with Crippen LogP contribution in [0.4, 0.5) is 4.79 Å². The van der Waals surface area contributed by atoms with Crippen LogP contribution in [0, 0.1) is 5.92 Å². The van der Waals surface area contributed by atoms with Gasteiger partial charge in [-0.05, 0) is 58.1 Å². The quantitative estimate of drug-likeness (QED) is 0.366. The fraction of sp³-hybridized carbons (Fsp3) is 0.714. The van der Waals surface area contributed by atoms with Gasteiger partial charge in [-0.25, -0.2) is 4.79 Å². The summed E-state index contributed by atoms with van der Waals surface area (Å²) in [4.78, 5) is 20.7. The highest BCUT2D eigenvalue weighted by molar-refractivity contribution is 14.0. The first-order valence-corrected chi connectivity index (χ1v) is 10.2. The van der Waals surface area contributed by atoms with Crippen molar-refractivity contribution in [2.45, 2.75) is 52.2 Å². The number of ether oxygens (including phenoxy) is 1. The van der Waals surface area contributed by atoms with E-state index in [0.717, 1.165) is 51.4 Å². The van der Waals surface area contributed by atoms with E-state index in [4.69, 9.17) is 4.74 Å². The first-order valence-electron chi connectivity index (χ1n) is 10.2. The van der Waals surface area contributed by atoms with E-state index in [2.05, 4.69) is 45.2 Å². The zero-order valence-electron chi connectivity index (χ0n) is 18.8. The lowest BCUT2D eigenvalue weighted by molar-refractivity contribution is 0.0162. The summed E-state index contributed by atoms with van der Waals surface area (Å²) in [6, 6.07) is 4.18. The number of carbonyl (C=O) groups is 1. The van der Waals surface area contributed by atoms with Gasteiger partial charge in [0.15, 0.2) is 5.96 Å². The van der Waals surface area contributed by atoms with Crippen molar-refractivity contribution in [1.82, 2.24) is 19.7 Å². The largest absolute Gasteiger partial charge is 0.444 e. The van der Waals surface area contributed by atoms with E-state index in [1.807, 2.05) is 39.8 Å². The van der Waals surface area contributed by atoms with Gasteiger partial charge in [-0.3, -0.25) is 4.99 Å². The fourth-order valence-corrected chi connectivity index (χ4v) is 3.54. The van der Waals surface area contributed by atoms with Gasteiger partial charge in [0.2, 0.25) is 0 Å². The molecule has 2 heterocycles. The van der Waals surface area contributed by atoms with Gasteiger partial charge in [-0.15, -0.1) is 24.0 Å². The summed E-state index contributed by atoms with van der Waals surface area (Å²) in [6.07, 6.45) is 5.06. The number of rotatable bonds is 5. The Kier molecular flexibility index (Phi) is 10.3. The number of aliphatic imine (C=N–C) groups is 1. The van der Waals surface area contributed by atoms with E-state index in [0.29, 0.717) is 5.92 Å². The number of aromatic nitrogens is 1. The number of nitrogens with zero attached hydrogens (tertiary/aromatic N) is 4. The molecular formula is C21H38IN5O2. The predicted octanol–water partition coefficient (Wildman–Crippen LogP) is 3.69. The molecule has 1 aromatic heterocycles. The van der Waals surface area contributed by atoms with E-state index >= 15 is 0 Å². The number of hydrogen-bond donors (Lipinski definition) is 1. The van der Waals surface area contributed by atoms with Crippen LogP contribution in [0.5, 0.6) is 0 Å². The number of amides is 1. The number of aryl methyl sites for hydroxylation is 1. The number of piperidine rings is 1. The lowest BCUT2D eigenvalue weighted by Gasteiger charge is -2.34. The van der Waals surface area contributed by atoms with Crippen LogP contribution in [-0.4, -0.2) is 65.8 Å². The Morgan fingerprint density at radius 1 is 1.41 bits per heavy atom. The third-order valence-electron chi connectivity index (χ3n) is 5.03. The number of hydrogen-bond acceptors (Lipinski definition) is 3. The van der Waals surface area contributed by atoms with Gasteiger partial charge in [0, 0.05) is 52.7 Å². The standard InChI is InChI=1S/C21H37N5O2.HI/c1-21(2,3)28-20(27)26-14-7-9-17(15-26)11-12-23-19(22-4)25(6)16-18-10-8-13-24(18)5;/h8,10,13,17H,7,9,11-12,14-16H2,1-6H3,(H,22,23);1H. The zero-order chi connectivity index (χ0) is 20.7. The molecular weight excluding hydrogens is 481 g/mol. The van der Waals surface area contributed by atoms with Gasteiger partial charge in [0.1, 0.15) is 5.60 Å². The van der Waals surface area contributed by atoms with E-state index < -0.39 is 5.60 Å². The molecule has 7 nitrogen and oxygen atoms in total. The highest BCUT2D eigenvalue weighted by atomic mass is 127. The molecule has 0 saturated carbocycles. The van der Waals surface area contributed by atoms with Crippen molar-refractivity contribution in [1.29, 1.82) is 0 Å². The molecule has 1 N–H and O–H groups in total. The average Bonchev–Trinajstić information content (AvgIpc) is 3.02. The molecule has 1 unspecified atom stereocenters. The number of nitrogens with one attached hydrogen (secondary N) is 1. The highest BCUT2D eigenvalue weighted by Crippen LogP contribution is 2.21. The molecule has 1 fully saturated rings. The summed E-state index contributed by atoms with van der Waals surface area (Å²) in [5.41, 5.74) is 0.798. The third-order valence-corrected chi connectivity index (χ3v) is 5.03. The first-order chi connectivity index (χ1) is 13.2. The van der Waals surface area contributed by atoms with Gasteiger partial charge in [-0.2, -0.15) is 0 Å². The minimum Gasteiger partial charge on any atom is -0.444 e. The molecule has 0 spiro atoms. The topological polar surface area (TPSA) is 62.1 Å². The Morgan fingerprint density at radius 3 is 2.72 bits per heavy atom. The first kappa shape index (κ1) is 25.6. The van der Waals surface area contributed by atoms with Crippen LogP contribution in [0.15, 0.2) is 23.3 Å². The van der Waals surface area contributed by atoms with Crippen molar-refractivity contribution >= 4 is 36.0 Å². The molecule has 0 radical (unpaired) electrons. The molecule has 2 rings (SSSR count). The molecule has 1 saturated heterocycles. The Labute approximate surface area is 192 Å². The Balaban J connectivity index is 0.00000420. The van der Waals surface area contributed by atoms with Gasteiger partial charge < -0.3 is 24.4 Å². The number of likely N-dealkylation sites (tertiary alicyclic amines) is 1. The summed E-state index contributed by atoms with van der Waals surface area (Å²) in [6.45, 7) is 8.94. The number of carbonyl (C=O) groups excluding carboxylic acids is 1. The second-order valence-electron chi connectivity index (χ2n) is 8.66. The van der Waals surface area contributed by atoms with E-state index in [1.165, 1.54) is 5.69 Å². The van der Waals surface area contributed by atoms with Crippen molar-refractivity contribution in [2.75, 3.05) is 33.7 Å². The van der Waals surface area contributed by atoms with Crippen molar-refractivity contribution in [3.63, 3.8) is 0 Å². The third kappa shape index (κ3) is 8.44. The average molecular weight is 519 g/mol. The molecule has 0 aromatic carbocycles. The van der Waals surface area contributed by atoms with E-state index in [9.17, 15) is 4.79 Å². The van der Waals surface area contributed by atoms with Crippen molar-refractivity contribution < 1.29 is 9.53 Å². The normalized spacial score (nSPS) is 17.5. The Morgan fingerprint density at radius 2 is 2.14 bits per heavy atom. The molecule has 1 aliphatic rings. The van der Waals surface area contributed by atoms with Crippen molar-refractivity contribution in [2.24, 2.45) is 18.0 Å². The Hall–Kier alpha value is -1.45. The van der Waals surface area contributed by atoms with Gasteiger partial charge in [0.05, 0.1) is 6.54 Å². The van der Waals surface area contributed by atoms with Crippen LogP contribution < -0.4 is 5.32 Å². The van der Waals surface area contributed by atoms with Crippen LogP contribution in [-0.2, 0) is 18.3 Å². The second kappa shape index (κ2) is 11.7. The van der Waals surface area contributed by atoms with Gasteiger partial charge in [0.25, 0.3) is 0 Å². The van der Waals surface area contributed by atoms with E-state index in [-0.39, 0.29) is 30.1 Å². The van der Waals surface area contributed by atoms with Gasteiger partial charge in [-0.1, -0.05) is 0 Å². The van der Waals surface area contributed by atoms with Crippen LogP contribution >= 0.6 is 24.0 Å². The monoisotopic (exact) mass is 519 g/mol. The number of guanidine groups is 1. The second-order valence-corrected chi connectivity index (χ2v) is 8.66. The summed E-state index contributed by atoms with van der Waals surface area (Å²) in [5.74, 6) is 1.38. The van der Waals surface area contributed by atoms with Crippen LogP contribution in [0.1, 0.15) is 45.7 Å². The lowest BCUT2D eigenvalue weighted by Crippen LogP contribution is -2.44. The summed E-state index contributed by atoms with van der Waals surface area (Å²) in [7, 11) is 5.92. The van der Waals surface area contributed by atoms with Crippen molar-refractivity contribution in [3.8, 4) is 0 Å². The summed E-state index contributed by atoms with van der Waals surface area (Å²) < 4.78 is 7.64. The van der Waals surface area contributed by atoms with Gasteiger partial charge >= 0.3 is 6.09 Å². The summed E-state index contributed by atoms with van der Waals surface area (Å²) >= 11 is 0. The number of halogens is 1. The molecule has 1 atom stereocenters. The molecule has 29 heavy (non-hydrogen) atoms. The Bertz CT molecular complexity index is 668. The smallest absolute Gasteiger partial charge is 0.410 e. The molecule has 1 amide bonds. The van der Waals surface area contributed by atoms with E-state index in [1.54, 1.807) is 0 Å². The van der Waals surface area contributed by atoms with Crippen LogP contribution in [0.3, 0.4) is 0 Å². The minimum atomic E-state index is -0.443. The molecule has 0 bridgehead atoms. The molecule has 0 aliphatic carbocycles. The molecule has 1 aromatic rings. The minimum absolute atomic E-state index is 0. The maximum atomic E-state index is 12.3. The van der Waals surface area contributed by atoms with Crippen molar-refractivity contribution in [3.05, 3.63) is 24.0 Å². The SMILES string of the molecule is CN=C(NCCC1CCCN(C(=O)OC(C)(C)C)C1)N(C)Cc1cccn1C.I. The highest BCUT2D eigenvalue weighted by Gasteiger charge is 2.27. The predicted molar refractivity (Wildman–Crippen MR) is 129 cm³/mol. The van der Waals surface area contributed by atoms with Crippen LogP contribution in [0.25, 0.3) is 0 Å². The maximum absolute atomic E-state index is 12.3. The zero-order valence-corrected chi connectivity index (χ0v) is 21.1. The van der Waals surface area contributed by atoms with Crippen LogP contribution in [0.2, 0.25) is 0 Å². The maximum Gasteiger partial charge on any atom is 0.410 e. The lowest BCUT2D eigenvalue weighted by atomic mass is 9.95.